The highest BCUT2D eigenvalue weighted by molar-refractivity contribution is 5.79. The Labute approximate surface area is 132 Å². The molecule has 1 heterocycles. The van der Waals surface area contributed by atoms with Gasteiger partial charge in [-0.3, -0.25) is 4.99 Å². The minimum atomic E-state index is 0.416. The van der Waals surface area contributed by atoms with E-state index in [0.717, 1.165) is 25.5 Å². The zero-order valence-corrected chi connectivity index (χ0v) is 13.6. The Bertz CT molecular complexity index is 589. The van der Waals surface area contributed by atoms with Gasteiger partial charge in [-0.25, -0.2) is 4.98 Å². The first kappa shape index (κ1) is 16.1. The molecule has 0 aliphatic heterocycles. The molecule has 22 heavy (non-hydrogen) atoms. The summed E-state index contributed by atoms with van der Waals surface area (Å²) < 4.78 is 2.07. The molecule has 0 aliphatic carbocycles. The van der Waals surface area contributed by atoms with E-state index in [9.17, 15) is 0 Å². The maximum atomic E-state index is 4.26. The van der Waals surface area contributed by atoms with E-state index in [2.05, 4.69) is 63.3 Å². The fourth-order valence-corrected chi connectivity index (χ4v) is 2.14. The summed E-state index contributed by atoms with van der Waals surface area (Å²) in [6.45, 7) is 5.91. The fourth-order valence-electron chi connectivity index (χ4n) is 2.14. The van der Waals surface area contributed by atoms with E-state index in [1.54, 1.807) is 13.2 Å². The predicted octanol–water partition coefficient (Wildman–Crippen LogP) is 2.39. The van der Waals surface area contributed by atoms with Crippen molar-refractivity contribution in [3.05, 3.63) is 54.1 Å². The zero-order valence-electron chi connectivity index (χ0n) is 13.6. The number of imidazole rings is 1. The molecule has 0 aliphatic rings. The molecule has 2 aromatic rings. The van der Waals surface area contributed by atoms with Crippen LogP contribution in [0.5, 0.6) is 0 Å². The van der Waals surface area contributed by atoms with Crippen LogP contribution in [0.25, 0.3) is 0 Å². The third-order valence-electron chi connectivity index (χ3n) is 3.59. The molecule has 118 valence electrons. The number of nitrogens with one attached hydrogen (secondary N) is 2. The van der Waals surface area contributed by atoms with Crippen molar-refractivity contribution in [1.82, 2.24) is 20.2 Å². The summed E-state index contributed by atoms with van der Waals surface area (Å²) >= 11 is 0. The SMILES string of the molecule is CCC(C)NC(=NC)NCc1cccc(Cn2ccnc2)c1. The van der Waals surface area contributed by atoms with Crippen LogP contribution in [0, 0.1) is 0 Å². The minimum absolute atomic E-state index is 0.416. The lowest BCUT2D eigenvalue weighted by Gasteiger charge is -2.16. The van der Waals surface area contributed by atoms with Crippen molar-refractivity contribution in [3.63, 3.8) is 0 Å². The topological polar surface area (TPSA) is 54.2 Å². The van der Waals surface area contributed by atoms with E-state index in [-0.39, 0.29) is 0 Å². The van der Waals surface area contributed by atoms with Crippen LogP contribution in [-0.4, -0.2) is 28.6 Å². The first-order chi connectivity index (χ1) is 10.7. The van der Waals surface area contributed by atoms with E-state index in [0.29, 0.717) is 6.04 Å². The van der Waals surface area contributed by atoms with Crippen molar-refractivity contribution in [2.75, 3.05) is 7.05 Å². The summed E-state index contributed by atoms with van der Waals surface area (Å²) in [6.07, 6.45) is 6.68. The summed E-state index contributed by atoms with van der Waals surface area (Å²) in [6, 6.07) is 8.98. The second kappa shape index (κ2) is 8.22. The second-order valence-electron chi connectivity index (χ2n) is 5.43. The number of nitrogens with zero attached hydrogens (tertiary/aromatic N) is 3. The summed E-state index contributed by atoms with van der Waals surface area (Å²) in [5.41, 5.74) is 2.51. The third kappa shape index (κ3) is 4.91. The van der Waals surface area contributed by atoms with Crippen LogP contribution in [0.2, 0.25) is 0 Å². The molecule has 0 fully saturated rings. The molecule has 1 atom stereocenters. The molecule has 0 saturated heterocycles. The van der Waals surface area contributed by atoms with E-state index >= 15 is 0 Å². The Hall–Kier alpha value is -2.30. The molecule has 0 spiro atoms. The van der Waals surface area contributed by atoms with Crippen LogP contribution in [0.3, 0.4) is 0 Å². The molecule has 5 nitrogen and oxygen atoms in total. The van der Waals surface area contributed by atoms with Crippen LogP contribution in [0.1, 0.15) is 31.4 Å². The highest BCUT2D eigenvalue weighted by Gasteiger charge is 2.03. The van der Waals surface area contributed by atoms with Gasteiger partial charge in [0.05, 0.1) is 6.33 Å². The van der Waals surface area contributed by atoms with Crippen molar-refractivity contribution >= 4 is 5.96 Å². The normalized spacial score (nSPS) is 13.0. The van der Waals surface area contributed by atoms with E-state index < -0.39 is 0 Å². The molecule has 0 amide bonds. The number of hydrogen-bond donors (Lipinski definition) is 2. The van der Waals surface area contributed by atoms with Crippen LogP contribution >= 0.6 is 0 Å². The van der Waals surface area contributed by atoms with Gasteiger partial charge in [-0.15, -0.1) is 0 Å². The fraction of sp³-hybridized carbons (Fsp3) is 0.412. The van der Waals surface area contributed by atoms with E-state index in [1.807, 2.05) is 12.5 Å². The van der Waals surface area contributed by atoms with Crippen molar-refractivity contribution in [1.29, 1.82) is 0 Å². The van der Waals surface area contributed by atoms with Crippen LogP contribution in [-0.2, 0) is 13.1 Å². The molecule has 0 saturated carbocycles. The van der Waals surface area contributed by atoms with Crippen molar-refractivity contribution in [2.24, 2.45) is 4.99 Å². The Morgan fingerprint density at radius 2 is 2.18 bits per heavy atom. The maximum absolute atomic E-state index is 4.26. The monoisotopic (exact) mass is 299 g/mol. The summed E-state index contributed by atoms with van der Waals surface area (Å²) in [7, 11) is 1.80. The average molecular weight is 299 g/mol. The van der Waals surface area contributed by atoms with Gasteiger partial charge in [0.2, 0.25) is 0 Å². The van der Waals surface area contributed by atoms with Gasteiger partial charge in [-0.2, -0.15) is 0 Å². The molecule has 2 rings (SSSR count). The molecule has 0 bridgehead atoms. The van der Waals surface area contributed by atoms with Gasteiger partial charge in [0, 0.05) is 38.6 Å². The van der Waals surface area contributed by atoms with Crippen LogP contribution in [0.15, 0.2) is 48.0 Å². The number of rotatable bonds is 6. The quantitative estimate of drug-likeness (QED) is 0.636. The van der Waals surface area contributed by atoms with Crippen LogP contribution in [0.4, 0.5) is 0 Å². The predicted molar refractivity (Wildman–Crippen MR) is 90.9 cm³/mol. The molecule has 1 aromatic carbocycles. The summed E-state index contributed by atoms with van der Waals surface area (Å²) in [4.78, 5) is 8.33. The molecule has 2 N–H and O–H groups in total. The standard InChI is InChI=1S/C17H25N5/c1-4-14(2)21-17(18-3)20-11-15-6-5-7-16(10-15)12-22-9-8-19-13-22/h5-10,13-14H,4,11-12H2,1-3H3,(H2,18,20,21). The first-order valence-electron chi connectivity index (χ1n) is 7.72. The van der Waals surface area contributed by atoms with Gasteiger partial charge in [0.25, 0.3) is 0 Å². The van der Waals surface area contributed by atoms with Crippen molar-refractivity contribution in [2.45, 2.75) is 39.4 Å². The Morgan fingerprint density at radius 3 is 2.86 bits per heavy atom. The Kier molecular flexibility index (Phi) is 6.01. The van der Waals surface area contributed by atoms with E-state index in [4.69, 9.17) is 0 Å². The smallest absolute Gasteiger partial charge is 0.191 e. The molecule has 0 radical (unpaired) electrons. The number of aliphatic imine (C=N–C) groups is 1. The summed E-state index contributed by atoms with van der Waals surface area (Å²) in [5.74, 6) is 0.842. The Balaban J connectivity index is 1.92. The lowest BCUT2D eigenvalue weighted by molar-refractivity contribution is 0.624. The second-order valence-corrected chi connectivity index (χ2v) is 5.43. The summed E-state index contributed by atoms with van der Waals surface area (Å²) in [5, 5.41) is 6.72. The lowest BCUT2D eigenvalue weighted by atomic mass is 10.1. The third-order valence-corrected chi connectivity index (χ3v) is 3.59. The maximum Gasteiger partial charge on any atom is 0.191 e. The number of aromatic nitrogens is 2. The van der Waals surface area contributed by atoms with Gasteiger partial charge >= 0.3 is 0 Å². The van der Waals surface area contributed by atoms with E-state index in [1.165, 1.54) is 11.1 Å². The number of guanidine groups is 1. The van der Waals surface area contributed by atoms with Gasteiger partial charge < -0.3 is 15.2 Å². The molecule has 5 heteroatoms. The number of hydrogen-bond acceptors (Lipinski definition) is 2. The van der Waals surface area contributed by atoms with Crippen molar-refractivity contribution < 1.29 is 0 Å². The zero-order chi connectivity index (χ0) is 15.8. The van der Waals surface area contributed by atoms with Crippen molar-refractivity contribution in [3.8, 4) is 0 Å². The first-order valence-corrected chi connectivity index (χ1v) is 7.72. The average Bonchev–Trinajstić information content (AvgIpc) is 3.04. The molecular weight excluding hydrogens is 274 g/mol. The van der Waals surface area contributed by atoms with Crippen LogP contribution < -0.4 is 10.6 Å². The Morgan fingerprint density at radius 1 is 1.36 bits per heavy atom. The number of benzene rings is 1. The highest BCUT2D eigenvalue weighted by atomic mass is 15.2. The largest absolute Gasteiger partial charge is 0.354 e. The molecular formula is C17H25N5. The molecule has 1 aromatic heterocycles. The van der Waals surface area contributed by atoms with Gasteiger partial charge in [0.15, 0.2) is 5.96 Å². The van der Waals surface area contributed by atoms with Gasteiger partial charge in [0.1, 0.15) is 0 Å². The molecule has 1 unspecified atom stereocenters. The minimum Gasteiger partial charge on any atom is -0.354 e. The van der Waals surface area contributed by atoms with Gasteiger partial charge in [-0.05, 0) is 24.5 Å². The highest BCUT2D eigenvalue weighted by Crippen LogP contribution is 2.07. The van der Waals surface area contributed by atoms with Gasteiger partial charge in [-0.1, -0.05) is 31.2 Å². The lowest BCUT2D eigenvalue weighted by Crippen LogP contribution is -2.41.